The number of allylic oxidation sites excluding steroid dienone is 2. The van der Waals surface area contributed by atoms with Crippen LogP contribution in [0.4, 0.5) is 0 Å². The first-order chi connectivity index (χ1) is 4.74. The van der Waals surface area contributed by atoms with Gasteiger partial charge in [0.05, 0.1) is 0 Å². The number of hydrogen-bond acceptors (Lipinski definition) is 2. The Balaban J connectivity index is 2.73. The van der Waals surface area contributed by atoms with Crippen molar-refractivity contribution in [3.05, 3.63) is 23.9 Å². The molecule has 0 amide bonds. The highest BCUT2D eigenvalue weighted by atomic mass is 16.1. The van der Waals surface area contributed by atoms with E-state index in [1.54, 1.807) is 0 Å². The van der Waals surface area contributed by atoms with Gasteiger partial charge in [0.1, 0.15) is 12.3 Å². The number of carbonyl (C=O) groups is 1. The van der Waals surface area contributed by atoms with E-state index in [9.17, 15) is 4.79 Å². The number of likely N-dealkylation sites (N-methyl/N-ethyl adjacent to an activating group) is 1. The molecule has 1 unspecified atom stereocenters. The van der Waals surface area contributed by atoms with Crippen molar-refractivity contribution < 1.29 is 4.79 Å². The van der Waals surface area contributed by atoms with Gasteiger partial charge in [-0.05, 0) is 12.5 Å². The lowest BCUT2D eigenvalue weighted by Crippen LogP contribution is -2.28. The zero-order valence-electron chi connectivity index (χ0n) is 6.24. The highest BCUT2D eigenvalue weighted by Crippen LogP contribution is 2.08. The van der Waals surface area contributed by atoms with Crippen LogP contribution in [0, 0.1) is 0 Å². The van der Waals surface area contributed by atoms with Crippen LogP contribution < -0.4 is 0 Å². The second kappa shape index (κ2) is 2.69. The highest BCUT2D eigenvalue weighted by molar-refractivity contribution is 5.62. The molecule has 0 radical (unpaired) electrons. The summed E-state index contributed by atoms with van der Waals surface area (Å²) in [5.74, 6) is 0. The van der Waals surface area contributed by atoms with Crippen molar-refractivity contribution in [1.29, 1.82) is 0 Å². The Labute approximate surface area is 60.8 Å². The van der Waals surface area contributed by atoms with Crippen LogP contribution in [0.25, 0.3) is 0 Å². The standard InChI is InChI=1S/C8H11NO/c1-7-3-4-8(6-10)9(2)5-7/h3-6,8H,1-2H3. The van der Waals surface area contributed by atoms with E-state index in [1.807, 2.05) is 37.2 Å². The summed E-state index contributed by atoms with van der Waals surface area (Å²) in [6, 6.07) is -0.0660. The SMILES string of the molecule is CC1=CN(C)C(C=O)C=C1. The Kier molecular flexibility index (Phi) is 1.90. The van der Waals surface area contributed by atoms with E-state index in [4.69, 9.17) is 0 Å². The molecule has 1 aliphatic rings. The van der Waals surface area contributed by atoms with E-state index < -0.39 is 0 Å². The molecule has 0 fully saturated rings. The van der Waals surface area contributed by atoms with Crippen molar-refractivity contribution in [1.82, 2.24) is 4.90 Å². The molecular formula is C8H11NO. The van der Waals surface area contributed by atoms with Gasteiger partial charge in [0.2, 0.25) is 0 Å². The summed E-state index contributed by atoms with van der Waals surface area (Å²) >= 11 is 0. The van der Waals surface area contributed by atoms with Gasteiger partial charge in [-0.15, -0.1) is 0 Å². The third-order valence-electron chi connectivity index (χ3n) is 1.57. The minimum absolute atomic E-state index is 0.0660. The van der Waals surface area contributed by atoms with Crippen LogP contribution >= 0.6 is 0 Å². The Morgan fingerprint density at radius 1 is 1.70 bits per heavy atom. The summed E-state index contributed by atoms with van der Waals surface area (Å²) in [7, 11) is 1.89. The normalized spacial score (nSPS) is 24.4. The first-order valence-corrected chi connectivity index (χ1v) is 3.28. The molecule has 0 N–H and O–H groups in total. The Morgan fingerprint density at radius 2 is 2.40 bits per heavy atom. The smallest absolute Gasteiger partial charge is 0.146 e. The predicted octanol–water partition coefficient (Wildman–Crippen LogP) is 0.959. The van der Waals surface area contributed by atoms with Crippen LogP contribution in [-0.4, -0.2) is 24.3 Å². The van der Waals surface area contributed by atoms with Gasteiger partial charge in [-0.1, -0.05) is 12.2 Å². The number of rotatable bonds is 1. The summed E-state index contributed by atoms with van der Waals surface area (Å²) in [5, 5.41) is 0. The van der Waals surface area contributed by atoms with Gasteiger partial charge < -0.3 is 9.69 Å². The van der Waals surface area contributed by atoms with Crippen molar-refractivity contribution in [3.8, 4) is 0 Å². The van der Waals surface area contributed by atoms with Crippen LogP contribution in [-0.2, 0) is 4.79 Å². The van der Waals surface area contributed by atoms with E-state index in [-0.39, 0.29) is 6.04 Å². The topological polar surface area (TPSA) is 20.3 Å². The van der Waals surface area contributed by atoms with Gasteiger partial charge in [-0.2, -0.15) is 0 Å². The maximum absolute atomic E-state index is 10.4. The molecule has 2 nitrogen and oxygen atoms in total. The van der Waals surface area contributed by atoms with Crippen LogP contribution in [0.2, 0.25) is 0 Å². The third-order valence-corrected chi connectivity index (χ3v) is 1.57. The monoisotopic (exact) mass is 137 g/mol. The minimum atomic E-state index is -0.0660. The molecule has 1 rings (SSSR count). The Bertz CT molecular complexity index is 193. The number of carbonyl (C=O) groups excluding carboxylic acids is 1. The lowest BCUT2D eigenvalue weighted by Gasteiger charge is -2.22. The molecule has 54 valence electrons. The van der Waals surface area contributed by atoms with Gasteiger partial charge in [0.15, 0.2) is 0 Å². The summed E-state index contributed by atoms with van der Waals surface area (Å²) in [4.78, 5) is 12.2. The van der Waals surface area contributed by atoms with Crippen molar-refractivity contribution in [3.63, 3.8) is 0 Å². The van der Waals surface area contributed by atoms with Crippen LogP contribution in [0.3, 0.4) is 0 Å². The molecule has 10 heavy (non-hydrogen) atoms. The molecule has 0 bridgehead atoms. The molecule has 0 aromatic heterocycles. The molecule has 0 saturated heterocycles. The average Bonchev–Trinajstić information content (AvgIpc) is 1.88. The zero-order chi connectivity index (χ0) is 7.56. The van der Waals surface area contributed by atoms with Crippen molar-refractivity contribution in [2.45, 2.75) is 13.0 Å². The molecule has 2 heteroatoms. The zero-order valence-corrected chi connectivity index (χ0v) is 6.24. The quantitative estimate of drug-likeness (QED) is 0.502. The first kappa shape index (κ1) is 7.06. The maximum Gasteiger partial charge on any atom is 0.146 e. The van der Waals surface area contributed by atoms with Gasteiger partial charge in [0, 0.05) is 13.2 Å². The molecule has 0 aromatic rings. The lowest BCUT2D eigenvalue weighted by molar-refractivity contribution is -0.110. The minimum Gasteiger partial charge on any atom is -0.367 e. The van der Waals surface area contributed by atoms with Gasteiger partial charge >= 0.3 is 0 Å². The van der Waals surface area contributed by atoms with E-state index in [2.05, 4.69) is 0 Å². The van der Waals surface area contributed by atoms with Gasteiger partial charge in [-0.3, -0.25) is 0 Å². The van der Waals surface area contributed by atoms with Gasteiger partial charge in [0.25, 0.3) is 0 Å². The highest BCUT2D eigenvalue weighted by Gasteiger charge is 2.09. The van der Waals surface area contributed by atoms with E-state index in [0.29, 0.717) is 0 Å². The predicted molar refractivity (Wildman–Crippen MR) is 40.5 cm³/mol. The summed E-state index contributed by atoms with van der Waals surface area (Å²) in [6.07, 6.45) is 6.74. The third kappa shape index (κ3) is 1.26. The molecule has 0 aromatic carbocycles. The second-order valence-corrected chi connectivity index (χ2v) is 2.52. The Morgan fingerprint density at radius 3 is 2.90 bits per heavy atom. The van der Waals surface area contributed by atoms with Gasteiger partial charge in [-0.25, -0.2) is 0 Å². The summed E-state index contributed by atoms with van der Waals surface area (Å²) in [5.41, 5.74) is 1.18. The molecule has 0 aliphatic carbocycles. The fourth-order valence-corrected chi connectivity index (χ4v) is 0.978. The lowest BCUT2D eigenvalue weighted by atomic mass is 10.1. The fraction of sp³-hybridized carbons (Fsp3) is 0.375. The molecular weight excluding hydrogens is 126 g/mol. The average molecular weight is 137 g/mol. The molecule has 1 atom stereocenters. The molecule has 1 heterocycles. The molecule has 0 saturated carbocycles. The Hall–Kier alpha value is -1.05. The number of aldehydes is 1. The first-order valence-electron chi connectivity index (χ1n) is 3.28. The second-order valence-electron chi connectivity index (χ2n) is 2.52. The van der Waals surface area contributed by atoms with Crippen molar-refractivity contribution in [2.24, 2.45) is 0 Å². The fourth-order valence-electron chi connectivity index (χ4n) is 0.978. The van der Waals surface area contributed by atoms with Crippen LogP contribution in [0.15, 0.2) is 23.9 Å². The van der Waals surface area contributed by atoms with E-state index >= 15 is 0 Å². The summed E-state index contributed by atoms with van der Waals surface area (Å²) < 4.78 is 0. The van der Waals surface area contributed by atoms with Crippen LogP contribution in [0.5, 0.6) is 0 Å². The van der Waals surface area contributed by atoms with Crippen LogP contribution in [0.1, 0.15) is 6.92 Å². The van der Waals surface area contributed by atoms with Crippen molar-refractivity contribution >= 4 is 6.29 Å². The maximum atomic E-state index is 10.4. The molecule has 0 spiro atoms. The molecule has 1 aliphatic heterocycles. The van der Waals surface area contributed by atoms with Crippen molar-refractivity contribution in [2.75, 3.05) is 7.05 Å². The summed E-state index contributed by atoms with van der Waals surface area (Å²) in [6.45, 7) is 2.01. The number of hydrogen-bond donors (Lipinski definition) is 0. The number of nitrogens with zero attached hydrogens (tertiary/aromatic N) is 1. The van der Waals surface area contributed by atoms with E-state index in [1.165, 1.54) is 5.57 Å². The largest absolute Gasteiger partial charge is 0.367 e. The van der Waals surface area contributed by atoms with E-state index in [0.717, 1.165) is 6.29 Å².